The van der Waals surface area contributed by atoms with E-state index >= 15 is 0 Å². The van der Waals surface area contributed by atoms with Gasteiger partial charge in [-0.3, -0.25) is 9.69 Å². The summed E-state index contributed by atoms with van der Waals surface area (Å²) in [6.07, 6.45) is 0. The van der Waals surface area contributed by atoms with Gasteiger partial charge >= 0.3 is 0 Å². The number of rotatable bonds is 5. The molecule has 0 atom stereocenters. The molecule has 4 aromatic rings. The summed E-state index contributed by atoms with van der Waals surface area (Å²) in [4.78, 5) is 19.0. The summed E-state index contributed by atoms with van der Waals surface area (Å²) < 4.78 is 12.7. The first-order valence-corrected chi connectivity index (χ1v) is 12.6. The number of piperazine rings is 1. The van der Waals surface area contributed by atoms with Crippen LogP contribution in [0.5, 0.6) is 11.5 Å². The quantitative estimate of drug-likeness (QED) is 0.413. The second-order valence-corrected chi connectivity index (χ2v) is 9.84. The van der Waals surface area contributed by atoms with Crippen molar-refractivity contribution in [2.75, 3.05) is 33.0 Å². The number of thiophene rings is 1. The lowest BCUT2D eigenvalue weighted by Gasteiger charge is -2.34. The van der Waals surface area contributed by atoms with Gasteiger partial charge in [0.2, 0.25) is 6.79 Å². The average Bonchev–Trinajstić information content (AvgIpc) is 3.65. The fourth-order valence-corrected chi connectivity index (χ4v) is 5.21. The van der Waals surface area contributed by atoms with Crippen LogP contribution in [0.25, 0.3) is 16.3 Å². The van der Waals surface area contributed by atoms with Crippen molar-refractivity contribution in [2.45, 2.75) is 13.5 Å². The van der Waals surface area contributed by atoms with Gasteiger partial charge < -0.3 is 14.4 Å². The molecule has 1 fully saturated rings. The number of carbonyl (C=O) groups is 1. The van der Waals surface area contributed by atoms with Gasteiger partial charge in [0, 0.05) is 32.7 Å². The van der Waals surface area contributed by atoms with E-state index in [1.165, 1.54) is 11.1 Å². The Morgan fingerprint density at radius 1 is 0.971 bits per heavy atom. The Bertz CT molecular complexity index is 1340. The first kappa shape index (κ1) is 21.9. The van der Waals surface area contributed by atoms with Crippen LogP contribution in [0.3, 0.4) is 0 Å². The van der Waals surface area contributed by atoms with Gasteiger partial charge in [0.25, 0.3) is 5.91 Å². The zero-order chi connectivity index (χ0) is 23.8. The summed E-state index contributed by atoms with van der Waals surface area (Å²) in [5, 5.41) is 6.84. The largest absolute Gasteiger partial charge is 0.454 e. The molecule has 8 heteroatoms. The highest BCUT2D eigenvalue weighted by Gasteiger charge is 2.27. The van der Waals surface area contributed by atoms with Gasteiger partial charge in [0.1, 0.15) is 11.4 Å². The number of benzene rings is 2. The summed E-state index contributed by atoms with van der Waals surface area (Å²) in [5.74, 6) is 1.63. The molecule has 0 aliphatic carbocycles. The van der Waals surface area contributed by atoms with E-state index in [1.807, 2.05) is 64.9 Å². The van der Waals surface area contributed by atoms with Gasteiger partial charge in [-0.15, -0.1) is 11.3 Å². The molecule has 6 rings (SSSR count). The molecular weight excluding hydrogens is 460 g/mol. The van der Waals surface area contributed by atoms with Crippen LogP contribution in [0.4, 0.5) is 0 Å². The maximum atomic E-state index is 13.7. The van der Waals surface area contributed by atoms with Crippen LogP contribution in [0.2, 0.25) is 0 Å². The second-order valence-electron chi connectivity index (χ2n) is 8.90. The maximum Gasteiger partial charge on any atom is 0.272 e. The van der Waals surface area contributed by atoms with Crippen LogP contribution >= 0.6 is 11.3 Å². The molecule has 35 heavy (non-hydrogen) atoms. The molecular formula is C27H26N4O3S. The van der Waals surface area contributed by atoms with Crippen LogP contribution in [0, 0.1) is 6.92 Å². The molecule has 2 aliphatic heterocycles. The van der Waals surface area contributed by atoms with E-state index in [2.05, 4.69) is 17.9 Å². The summed E-state index contributed by atoms with van der Waals surface area (Å²) in [6.45, 7) is 6.15. The SMILES string of the molecule is Cc1ccc(-n2nc(-c3cccs3)cc2C(=O)N2CCN(Cc3ccc4c(c3)OCO4)CC2)cc1. The summed E-state index contributed by atoms with van der Waals surface area (Å²) in [6, 6.07) is 20.2. The summed E-state index contributed by atoms with van der Waals surface area (Å²) >= 11 is 1.63. The molecule has 0 bridgehead atoms. The van der Waals surface area contributed by atoms with E-state index in [0.29, 0.717) is 18.8 Å². The van der Waals surface area contributed by atoms with E-state index in [9.17, 15) is 4.79 Å². The maximum absolute atomic E-state index is 13.7. The molecule has 4 heterocycles. The molecule has 2 aliphatic rings. The monoisotopic (exact) mass is 486 g/mol. The average molecular weight is 487 g/mol. The van der Waals surface area contributed by atoms with Crippen molar-refractivity contribution in [3.8, 4) is 27.8 Å². The number of hydrogen-bond acceptors (Lipinski definition) is 6. The lowest BCUT2D eigenvalue weighted by Crippen LogP contribution is -2.48. The zero-order valence-electron chi connectivity index (χ0n) is 19.5. The van der Waals surface area contributed by atoms with Gasteiger partial charge in [0.05, 0.1) is 10.6 Å². The Balaban J connectivity index is 1.19. The van der Waals surface area contributed by atoms with Gasteiger partial charge in [-0.05, 0) is 54.3 Å². The molecule has 1 amide bonds. The van der Waals surface area contributed by atoms with Gasteiger partial charge in [-0.1, -0.05) is 29.8 Å². The highest BCUT2D eigenvalue weighted by molar-refractivity contribution is 7.13. The van der Waals surface area contributed by atoms with Crippen molar-refractivity contribution < 1.29 is 14.3 Å². The molecule has 0 N–H and O–H groups in total. The number of aromatic nitrogens is 2. The van der Waals surface area contributed by atoms with Crippen molar-refractivity contribution in [1.82, 2.24) is 19.6 Å². The summed E-state index contributed by atoms with van der Waals surface area (Å²) in [5.41, 5.74) is 4.67. The predicted octanol–water partition coefficient (Wildman–Crippen LogP) is 4.60. The number of fused-ring (bicyclic) bond motifs is 1. The van der Waals surface area contributed by atoms with Gasteiger partial charge in [-0.2, -0.15) is 5.10 Å². The Morgan fingerprint density at radius 3 is 2.54 bits per heavy atom. The van der Waals surface area contributed by atoms with Crippen molar-refractivity contribution in [1.29, 1.82) is 0 Å². The molecule has 0 spiro atoms. The molecule has 1 saturated heterocycles. The minimum absolute atomic E-state index is 0.0172. The minimum Gasteiger partial charge on any atom is -0.454 e. The smallest absolute Gasteiger partial charge is 0.272 e. The normalized spacial score (nSPS) is 15.5. The zero-order valence-corrected chi connectivity index (χ0v) is 20.3. The molecule has 178 valence electrons. The molecule has 2 aromatic heterocycles. The number of amides is 1. The third kappa shape index (κ3) is 4.42. The number of aryl methyl sites for hydroxylation is 1. The van der Waals surface area contributed by atoms with Crippen LogP contribution in [0.15, 0.2) is 66.0 Å². The van der Waals surface area contributed by atoms with Crippen LogP contribution < -0.4 is 9.47 Å². The molecule has 7 nitrogen and oxygen atoms in total. The van der Waals surface area contributed by atoms with E-state index in [4.69, 9.17) is 14.6 Å². The van der Waals surface area contributed by atoms with Crippen molar-refractivity contribution in [2.24, 2.45) is 0 Å². The third-order valence-corrected chi connectivity index (χ3v) is 7.38. The Morgan fingerprint density at radius 2 is 1.77 bits per heavy atom. The Hall–Kier alpha value is -3.62. The molecule has 2 aromatic carbocycles. The van der Waals surface area contributed by atoms with E-state index in [1.54, 1.807) is 16.0 Å². The van der Waals surface area contributed by atoms with Crippen molar-refractivity contribution >= 4 is 17.2 Å². The minimum atomic E-state index is 0.0172. The number of hydrogen-bond donors (Lipinski definition) is 0. The van der Waals surface area contributed by atoms with Gasteiger partial charge in [0.15, 0.2) is 11.5 Å². The molecule has 0 unspecified atom stereocenters. The van der Waals surface area contributed by atoms with Crippen LogP contribution in [-0.4, -0.2) is 58.5 Å². The summed E-state index contributed by atoms with van der Waals surface area (Å²) in [7, 11) is 0. The van der Waals surface area contributed by atoms with Crippen LogP contribution in [-0.2, 0) is 6.54 Å². The van der Waals surface area contributed by atoms with Crippen molar-refractivity contribution in [3.05, 3.63) is 82.9 Å². The fourth-order valence-electron chi connectivity index (χ4n) is 4.53. The first-order valence-electron chi connectivity index (χ1n) is 11.8. The number of ether oxygens (including phenoxy) is 2. The highest BCUT2D eigenvalue weighted by atomic mass is 32.1. The van der Waals surface area contributed by atoms with Crippen molar-refractivity contribution in [3.63, 3.8) is 0 Å². The number of carbonyl (C=O) groups excluding carboxylic acids is 1. The standard InChI is InChI=1S/C27H26N4O3S/c1-19-4-7-21(8-5-19)31-23(16-22(28-31)26-3-2-14-35-26)27(32)30-12-10-29(11-13-30)17-20-6-9-24-25(15-20)34-18-33-24/h2-9,14-16H,10-13,17-18H2,1H3. The third-order valence-electron chi connectivity index (χ3n) is 6.48. The first-order chi connectivity index (χ1) is 17.1. The lowest BCUT2D eigenvalue weighted by molar-refractivity contribution is 0.0619. The van der Waals surface area contributed by atoms with E-state index in [-0.39, 0.29) is 12.7 Å². The number of nitrogens with zero attached hydrogens (tertiary/aromatic N) is 4. The highest BCUT2D eigenvalue weighted by Crippen LogP contribution is 2.33. The van der Waals surface area contributed by atoms with Gasteiger partial charge in [-0.25, -0.2) is 4.68 Å². The molecule has 0 saturated carbocycles. The van der Waals surface area contributed by atoms with E-state index in [0.717, 1.165) is 47.4 Å². The topological polar surface area (TPSA) is 59.8 Å². The Kier molecular flexibility index (Phi) is 5.75. The predicted molar refractivity (Wildman–Crippen MR) is 135 cm³/mol. The lowest BCUT2D eigenvalue weighted by atomic mass is 10.1. The Labute approximate surface area is 208 Å². The fraction of sp³-hybridized carbons (Fsp3) is 0.259. The second kappa shape index (κ2) is 9.20. The van der Waals surface area contributed by atoms with E-state index < -0.39 is 0 Å². The van der Waals surface area contributed by atoms with Crippen LogP contribution in [0.1, 0.15) is 21.6 Å². The molecule has 0 radical (unpaired) electrons.